The van der Waals surface area contributed by atoms with Gasteiger partial charge in [-0.3, -0.25) is 4.48 Å². The zero-order valence-corrected chi connectivity index (χ0v) is 15.5. The first-order valence-electron chi connectivity index (χ1n) is 7.76. The molecule has 0 spiro atoms. The first-order valence-corrected chi connectivity index (χ1v) is 9.91. The summed E-state index contributed by atoms with van der Waals surface area (Å²) >= 11 is 0. The van der Waals surface area contributed by atoms with E-state index in [0.29, 0.717) is 0 Å². The predicted octanol–water partition coefficient (Wildman–Crippen LogP) is 6.56. The standard InChI is InChI=1S/C19H18N3S2/c1-22(2,3)15-10-8-14(9-11-15)20-21-16-12-7-13-5-4-6-17-18(13)19(16)24-23-17/h4-12H,1-3H3/q+1. The highest BCUT2D eigenvalue weighted by atomic mass is 33.1. The summed E-state index contributed by atoms with van der Waals surface area (Å²) in [6.45, 7) is 0. The molecule has 5 heteroatoms. The summed E-state index contributed by atoms with van der Waals surface area (Å²) in [5.74, 6) is 0. The molecule has 4 rings (SSSR count). The first-order chi connectivity index (χ1) is 11.5. The van der Waals surface area contributed by atoms with E-state index in [1.54, 1.807) is 21.6 Å². The highest BCUT2D eigenvalue weighted by Crippen LogP contribution is 2.54. The smallest absolute Gasteiger partial charge is 0.132 e. The maximum atomic E-state index is 4.51. The van der Waals surface area contributed by atoms with Gasteiger partial charge < -0.3 is 0 Å². The fourth-order valence-electron chi connectivity index (χ4n) is 2.70. The fourth-order valence-corrected chi connectivity index (χ4v) is 5.32. The minimum atomic E-state index is 0.795. The van der Waals surface area contributed by atoms with Gasteiger partial charge in [0.15, 0.2) is 0 Å². The van der Waals surface area contributed by atoms with Crippen LogP contribution in [0, 0.1) is 0 Å². The fraction of sp³-hybridized carbons (Fsp3) is 0.158. The van der Waals surface area contributed by atoms with Crippen LogP contribution in [-0.4, -0.2) is 21.1 Å². The summed E-state index contributed by atoms with van der Waals surface area (Å²) in [6, 6.07) is 18.9. The summed E-state index contributed by atoms with van der Waals surface area (Å²) in [6.07, 6.45) is 0. The molecule has 3 nitrogen and oxygen atoms in total. The molecule has 0 bridgehead atoms. The number of azo groups is 1. The van der Waals surface area contributed by atoms with Crippen LogP contribution < -0.4 is 4.48 Å². The summed E-state index contributed by atoms with van der Waals surface area (Å²) in [4.78, 5) is 2.54. The molecule has 1 aliphatic rings. The van der Waals surface area contributed by atoms with Gasteiger partial charge in [-0.2, -0.15) is 5.11 Å². The van der Waals surface area contributed by atoms with Gasteiger partial charge in [0.1, 0.15) is 11.4 Å². The van der Waals surface area contributed by atoms with Crippen molar-refractivity contribution in [2.75, 3.05) is 21.1 Å². The highest BCUT2D eigenvalue weighted by molar-refractivity contribution is 8.77. The van der Waals surface area contributed by atoms with Gasteiger partial charge >= 0.3 is 0 Å². The maximum Gasteiger partial charge on any atom is 0.132 e. The monoisotopic (exact) mass is 352 g/mol. The third kappa shape index (κ3) is 2.83. The Hall–Kier alpha value is -1.82. The van der Waals surface area contributed by atoms with E-state index in [1.807, 2.05) is 12.1 Å². The van der Waals surface area contributed by atoms with Crippen molar-refractivity contribution >= 4 is 49.4 Å². The topological polar surface area (TPSA) is 24.7 Å². The molecule has 3 aromatic carbocycles. The lowest BCUT2D eigenvalue weighted by molar-refractivity contribution is 0.486. The van der Waals surface area contributed by atoms with Crippen LogP contribution in [0.5, 0.6) is 0 Å². The Kier molecular flexibility index (Phi) is 3.87. The van der Waals surface area contributed by atoms with Gasteiger partial charge in [-0.1, -0.05) is 29.0 Å². The van der Waals surface area contributed by atoms with E-state index in [0.717, 1.165) is 15.9 Å². The largest absolute Gasteiger partial charge is 0.298 e. The Morgan fingerprint density at radius 2 is 1.58 bits per heavy atom. The molecule has 120 valence electrons. The zero-order valence-electron chi connectivity index (χ0n) is 13.9. The number of hydrogen-bond acceptors (Lipinski definition) is 4. The van der Waals surface area contributed by atoms with E-state index in [2.05, 4.69) is 73.8 Å². The quantitative estimate of drug-likeness (QED) is 0.303. The van der Waals surface area contributed by atoms with Crippen LogP contribution >= 0.6 is 21.6 Å². The van der Waals surface area contributed by atoms with E-state index in [-0.39, 0.29) is 0 Å². The van der Waals surface area contributed by atoms with Gasteiger partial charge in [0.25, 0.3) is 0 Å². The average molecular weight is 353 g/mol. The lowest BCUT2D eigenvalue weighted by Crippen LogP contribution is -2.34. The van der Waals surface area contributed by atoms with Crippen LogP contribution in [0.2, 0.25) is 0 Å². The van der Waals surface area contributed by atoms with Crippen LogP contribution in [-0.2, 0) is 0 Å². The zero-order chi connectivity index (χ0) is 16.7. The molecule has 0 amide bonds. The van der Waals surface area contributed by atoms with Crippen LogP contribution in [0.1, 0.15) is 0 Å². The van der Waals surface area contributed by atoms with Crippen molar-refractivity contribution in [1.82, 2.24) is 4.48 Å². The molecule has 0 radical (unpaired) electrons. The second kappa shape index (κ2) is 5.92. The second-order valence-corrected chi connectivity index (χ2v) is 8.85. The van der Waals surface area contributed by atoms with Crippen molar-refractivity contribution in [2.24, 2.45) is 10.2 Å². The van der Waals surface area contributed by atoms with Crippen molar-refractivity contribution in [3.8, 4) is 0 Å². The molecule has 1 heterocycles. The Balaban J connectivity index is 1.67. The van der Waals surface area contributed by atoms with E-state index in [1.165, 1.54) is 26.3 Å². The van der Waals surface area contributed by atoms with Crippen molar-refractivity contribution in [2.45, 2.75) is 9.79 Å². The molecule has 0 aliphatic carbocycles. The molecule has 0 N–H and O–H groups in total. The molecule has 0 atom stereocenters. The van der Waals surface area contributed by atoms with Crippen LogP contribution in [0.15, 0.2) is 74.6 Å². The molecule has 0 saturated heterocycles. The highest BCUT2D eigenvalue weighted by Gasteiger charge is 2.19. The minimum absolute atomic E-state index is 0.795. The Bertz CT molecular complexity index is 941. The molecule has 24 heavy (non-hydrogen) atoms. The summed E-state index contributed by atoms with van der Waals surface area (Å²) in [7, 11) is 10.0. The normalized spacial score (nSPS) is 14.0. The Morgan fingerprint density at radius 3 is 2.33 bits per heavy atom. The third-order valence-corrected chi connectivity index (χ3v) is 6.52. The van der Waals surface area contributed by atoms with Crippen molar-refractivity contribution in [3.63, 3.8) is 0 Å². The number of hydrogen-bond donors (Lipinski definition) is 0. The summed E-state index contributed by atoms with van der Waals surface area (Å²) < 4.78 is 0.795. The average Bonchev–Trinajstić information content (AvgIpc) is 3.00. The Labute approximate surface area is 149 Å². The van der Waals surface area contributed by atoms with Gasteiger partial charge in [-0.15, -0.1) is 5.11 Å². The van der Waals surface area contributed by atoms with E-state index in [9.17, 15) is 0 Å². The third-order valence-electron chi connectivity index (χ3n) is 4.05. The lowest BCUT2D eigenvalue weighted by Gasteiger charge is -2.23. The molecule has 0 fully saturated rings. The number of quaternary nitrogens is 1. The van der Waals surface area contributed by atoms with E-state index < -0.39 is 0 Å². The van der Waals surface area contributed by atoms with Gasteiger partial charge in [-0.05, 0) is 40.4 Å². The van der Waals surface area contributed by atoms with Crippen molar-refractivity contribution < 1.29 is 0 Å². The number of benzene rings is 3. The molecule has 0 saturated carbocycles. The first kappa shape index (κ1) is 15.7. The van der Waals surface area contributed by atoms with Crippen LogP contribution in [0.4, 0.5) is 17.1 Å². The second-order valence-electron chi connectivity index (χ2n) is 6.66. The minimum Gasteiger partial charge on any atom is -0.298 e. The van der Waals surface area contributed by atoms with Gasteiger partial charge in [-0.25, -0.2) is 0 Å². The molecule has 0 aromatic heterocycles. The molecule has 1 aliphatic heterocycles. The van der Waals surface area contributed by atoms with Crippen LogP contribution in [0.3, 0.4) is 0 Å². The number of rotatable bonds is 3. The van der Waals surface area contributed by atoms with Crippen LogP contribution in [0.25, 0.3) is 10.8 Å². The summed E-state index contributed by atoms with van der Waals surface area (Å²) in [5.41, 5.74) is 3.07. The predicted molar refractivity (Wildman–Crippen MR) is 106 cm³/mol. The molecule has 0 unspecified atom stereocenters. The SMILES string of the molecule is C[N+](C)(C)c1ccc(N=Nc2ccc3cccc4c3c2SS4)cc1. The maximum absolute atomic E-state index is 4.51. The Morgan fingerprint density at radius 1 is 0.792 bits per heavy atom. The van der Waals surface area contributed by atoms with Gasteiger partial charge in [0.05, 0.1) is 31.7 Å². The molecular formula is C19H18N3S2+. The van der Waals surface area contributed by atoms with E-state index >= 15 is 0 Å². The number of nitrogens with zero attached hydrogens (tertiary/aromatic N) is 3. The summed E-state index contributed by atoms with van der Waals surface area (Å²) in [5, 5.41) is 11.5. The molecule has 3 aromatic rings. The van der Waals surface area contributed by atoms with Gasteiger partial charge in [0, 0.05) is 22.4 Å². The van der Waals surface area contributed by atoms with E-state index in [4.69, 9.17) is 0 Å². The van der Waals surface area contributed by atoms with Gasteiger partial charge in [0.2, 0.25) is 0 Å². The molecular weight excluding hydrogens is 334 g/mol. The van der Waals surface area contributed by atoms with Crippen molar-refractivity contribution in [3.05, 3.63) is 54.6 Å². The van der Waals surface area contributed by atoms with Crippen molar-refractivity contribution in [1.29, 1.82) is 0 Å². The lowest BCUT2D eigenvalue weighted by atomic mass is 10.1.